The summed E-state index contributed by atoms with van der Waals surface area (Å²) in [6.07, 6.45) is 11.9. The largest absolute Gasteiger partial charge is 0.470 e. The van der Waals surface area contributed by atoms with Crippen molar-refractivity contribution in [2.45, 2.75) is 97.0 Å². The molecule has 0 radical (unpaired) electrons. The fourth-order valence-electron chi connectivity index (χ4n) is 3.90. The maximum Gasteiger partial charge on any atom is 0.470 e. The van der Waals surface area contributed by atoms with Crippen molar-refractivity contribution in [3.63, 3.8) is 0 Å². The Labute approximate surface area is 136 Å². The number of unbranched alkanes of at least 4 members (excludes halogenated alkanes) is 3. The van der Waals surface area contributed by atoms with Gasteiger partial charge in [-0.25, -0.2) is 4.57 Å². The summed E-state index contributed by atoms with van der Waals surface area (Å²) in [5.41, 5.74) is -0.622. The Morgan fingerprint density at radius 2 is 1.95 bits per heavy atom. The molecule has 1 rings (SSSR count). The van der Waals surface area contributed by atoms with E-state index in [1.165, 1.54) is 25.7 Å². The van der Waals surface area contributed by atoms with Crippen molar-refractivity contribution in [2.24, 2.45) is 11.8 Å². The Kier molecular flexibility index (Phi) is 8.63. The second-order valence-electron chi connectivity index (χ2n) is 7.12. The number of phosphoric ester groups is 1. The molecular formula is C17H35O4P. The van der Waals surface area contributed by atoms with Gasteiger partial charge in [0.15, 0.2) is 0 Å². The van der Waals surface area contributed by atoms with Crippen molar-refractivity contribution >= 4 is 7.82 Å². The first kappa shape index (κ1) is 20.2. The molecule has 22 heavy (non-hydrogen) atoms. The Balaban J connectivity index is 2.71. The standard InChI is InChI=1S/C17H35O4P/c1-4-6-7-8-12-16(5-2)14-17(21-22(18,19)20)13-10-9-11-15(17)3/h15-16H,4-14H2,1-3H3,(H2,18,19,20). The van der Waals surface area contributed by atoms with Crippen LogP contribution in [0.15, 0.2) is 0 Å². The minimum atomic E-state index is -4.44. The van der Waals surface area contributed by atoms with E-state index in [4.69, 9.17) is 4.52 Å². The third kappa shape index (κ3) is 6.70. The molecule has 0 bridgehead atoms. The van der Waals surface area contributed by atoms with Gasteiger partial charge < -0.3 is 9.79 Å². The second kappa shape index (κ2) is 9.42. The first-order valence-electron chi connectivity index (χ1n) is 9.09. The lowest BCUT2D eigenvalue weighted by molar-refractivity contribution is -0.0558. The molecular weight excluding hydrogens is 299 g/mol. The molecule has 0 spiro atoms. The molecule has 132 valence electrons. The van der Waals surface area contributed by atoms with Gasteiger partial charge >= 0.3 is 7.82 Å². The molecule has 0 aromatic rings. The van der Waals surface area contributed by atoms with E-state index in [0.29, 0.717) is 5.92 Å². The van der Waals surface area contributed by atoms with Crippen molar-refractivity contribution in [3.8, 4) is 0 Å². The normalized spacial score (nSPS) is 27.8. The van der Waals surface area contributed by atoms with Crippen molar-refractivity contribution < 1.29 is 18.9 Å². The van der Waals surface area contributed by atoms with Gasteiger partial charge in [-0.3, -0.25) is 4.52 Å². The van der Waals surface area contributed by atoms with Gasteiger partial charge in [0.05, 0.1) is 5.60 Å². The van der Waals surface area contributed by atoms with Gasteiger partial charge in [-0.2, -0.15) is 0 Å². The molecule has 0 heterocycles. The molecule has 0 amide bonds. The zero-order valence-corrected chi connectivity index (χ0v) is 15.5. The lowest BCUT2D eigenvalue weighted by Crippen LogP contribution is -2.43. The summed E-state index contributed by atoms with van der Waals surface area (Å²) >= 11 is 0. The first-order valence-corrected chi connectivity index (χ1v) is 10.6. The third-order valence-electron chi connectivity index (χ3n) is 5.36. The van der Waals surface area contributed by atoms with Crippen LogP contribution in [-0.2, 0) is 9.09 Å². The number of hydrogen-bond acceptors (Lipinski definition) is 2. The van der Waals surface area contributed by atoms with E-state index in [1.807, 2.05) is 0 Å². The lowest BCUT2D eigenvalue weighted by atomic mass is 9.71. The summed E-state index contributed by atoms with van der Waals surface area (Å²) in [5, 5.41) is 0. The van der Waals surface area contributed by atoms with Gasteiger partial charge in [0, 0.05) is 0 Å². The van der Waals surface area contributed by atoms with Crippen LogP contribution in [0.5, 0.6) is 0 Å². The minimum Gasteiger partial charge on any atom is -0.303 e. The maximum atomic E-state index is 11.5. The zero-order chi connectivity index (χ0) is 16.6. The third-order valence-corrected chi connectivity index (χ3v) is 5.96. The van der Waals surface area contributed by atoms with E-state index in [-0.39, 0.29) is 5.92 Å². The molecule has 0 aliphatic heterocycles. The van der Waals surface area contributed by atoms with Gasteiger partial charge in [0.1, 0.15) is 0 Å². The fraction of sp³-hybridized carbons (Fsp3) is 1.00. The smallest absolute Gasteiger partial charge is 0.303 e. The minimum absolute atomic E-state index is 0.221. The molecule has 5 heteroatoms. The number of phosphoric acid groups is 1. The highest BCUT2D eigenvalue weighted by molar-refractivity contribution is 7.46. The van der Waals surface area contributed by atoms with Crippen LogP contribution in [0.25, 0.3) is 0 Å². The summed E-state index contributed by atoms with van der Waals surface area (Å²) in [6, 6.07) is 0. The quantitative estimate of drug-likeness (QED) is 0.413. The van der Waals surface area contributed by atoms with Crippen molar-refractivity contribution in [2.75, 3.05) is 0 Å². The summed E-state index contributed by atoms with van der Waals surface area (Å²) in [5.74, 6) is 0.725. The van der Waals surface area contributed by atoms with Crippen LogP contribution in [0.3, 0.4) is 0 Å². The Bertz CT molecular complexity index is 355. The van der Waals surface area contributed by atoms with E-state index < -0.39 is 13.4 Å². The molecule has 3 unspecified atom stereocenters. The number of rotatable bonds is 10. The topological polar surface area (TPSA) is 66.8 Å². The summed E-state index contributed by atoms with van der Waals surface area (Å²) in [4.78, 5) is 18.7. The van der Waals surface area contributed by atoms with Crippen molar-refractivity contribution in [1.82, 2.24) is 0 Å². The fourth-order valence-corrected chi connectivity index (χ4v) is 4.72. The highest BCUT2D eigenvalue weighted by Crippen LogP contribution is 2.52. The SMILES string of the molecule is CCCCCCC(CC)CC1(OP(=O)(O)O)CCCCC1C. The van der Waals surface area contributed by atoms with Gasteiger partial charge in [-0.05, 0) is 31.1 Å². The monoisotopic (exact) mass is 334 g/mol. The van der Waals surface area contributed by atoms with Gasteiger partial charge in [-0.15, -0.1) is 0 Å². The van der Waals surface area contributed by atoms with Crippen LogP contribution < -0.4 is 0 Å². The van der Waals surface area contributed by atoms with E-state index in [1.54, 1.807) is 0 Å². The van der Waals surface area contributed by atoms with Crippen LogP contribution in [0.4, 0.5) is 0 Å². The molecule has 1 aliphatic carbocycles. The average molecular weight is 334 g/mol. The number of hydrogen-bond donors (Lipinski definition) is 2. The predicted molar refractivity (Wildman–Crippen MR) is 90.6 cm³/mol. The molecule has 1 saturated carbocycles. The Morgan fingerprint density at radius 3 is 2.50 bits per heavy atom. The molecule has 3 atom stereocenters. The van der Waals surface area contributed by atoms with Crippen LogP contribution in [0.1, 0.15) is 91.4 Å². The highest BCUT2D eigenvalue weighted by atomic mass is 31.2. The average Bonchev–Trinajstić information content (AvgIpc) is 2.44. The Morgan fingerprint density at radius 1 is 1.23 bits per heavy atom. The van der Waals surface area contributed by atoms with Crippen LogP contribution in [0, 0.1) is 11.8 Å². The first-order chi connectivity index (χ1) is 10.3. The molecule has 2 N–H and O–H groups in total. The van der Waals surface area contributed by atoms with Crippen LogP contribution in [-0.4, -0.2) is 15.4 Å². The van der Waals surface area contributed by atoms with Gasteiger partial charge in [-0.1, -0.05) is 72.1 Å². The Hall–Kier alpha value is 0.110. The van der Waals surface area contributed by atoms with Crippen LogP contribution in [0.2, 0.25) is 0 Å². The van der Waals surface area contributed by atoms with Crippen molar-refractivity contribution in [1.29, 1.82) is 0 Å². The molecule has 4 nitrogen and oxygen atoms in total. The van der Waals surface area contributed by atoms with E-state index in [2.05, 4.69) is 20.8 Å². The van der Waals surface area contributed by atoms with E-state index in [9.17, 15) is 14.4 Å². The summed E-state index contributed by atoms with van der Waals surface area (Å²) in [6.45, 7) is 6.49. The van der Waals surface area contributed by atoms with Gasteiger partial charge in [0.2, 0.25) is 0 Å². The molecule has 1 fully saturated rings. The molecule has 0 aromatic heterocycles. The highest BCUT2D eigenvalue weighted by Gasteiger charge is 2.44. The van der Waals surface area contributed by atoms with Crippen LogP contribution >= 0.6 is 7.82 Å². The van der Waals surface area contributed by atoms with E-state index in [0.717, 1.165) is 44.9 Å². The van der Waals surface area contributed by atoms with E-state index >= 15 is 0 Å². The molecule has 0 saturated heterocycles. The molecule has 1 aliphatic rings. The summed E-state index contributed by atoms with van der Waals surface area (Å²) < 4.78 is 16.9. The second-order valence-corrected chi connectivity index (χ2v) is 8.28. The predicted octanol–water partition coefficient (Wildman–Crippen LogP) is 5.43. The lowest BCUT2D eigenvalue weighted by Gasteiger charge is -2.44. The summed E-state index contributed by atoms with van der Waals surface area (Å²) in [7, 11) is -4.44. The zero-order valence-electron chi connectivity index (χ0n) is 14.6. The van der Waals surface area contributed by atoms with Gasteiger partial charge in [0.25, 0.3) is 0 Å². The van der Waals surface area contributed by atoms with Crippen molar-refractivity contribution in [3.05, 3.63) is 0 Å². The maximum absolute atomic E-state index is 11.5. The molecule has 0 aromatic carbocycles.